The van der Waals surface area contributed by atoms with Crippen LogP contribution in [0.25, 0.3) is 22.2 Å². The Balaban J connectivity index is 1.58. The van der Waals surface area contributed by atoms with Crippen molar-refractivity contribution in [2.75, 3.05) is 21.2 Å². The van der Waals surface area contributed by atoms with Crippen LogP contribution in [0.2, 0.25) is 0 Å². The van der Waals surface area contributed by atoms with Gasteiger partial charge < -0.3 is 24.3 Å². The molecule has 2 fully saturated rings. The molecule has 2 heterocycles. The number of fused-ring (bicyclic) bond motifs is 7. The molecule has 2 atom stereocenters. The number of carbonyl (C=O) groups excluding carboxylic acids is 3. The minimum absolute atomic E-state index is 0.0321. The number of amides is 2. The van der Waals surface area contributed by atoms with Gasteiger partial charge in [-0.1, -0.05) is 25.3 Å². The number of esters is 1. The predicted octanol–water partition coefficient (Wildman–Crippen LogP) is 5.76. The van der Waals surface area contributed by atoms with Crippen LogP contribution >= 0.6 is 0 Å². The number of ether oxygens (including phenoxy) is 2. The summed E-state index contributed by atoms with van der Waals surface area (Å²) in [6.07, 6.45) is 6.58. The van der Waals surface area contributed by atoms with Gasteiger partial charge in [-0.3, -0.25) is 9.59 Å². The monoisotopic (exact) mass is 571 g/mol. The average Bonchev–Trinajstić information content (AvgIpc) is 3.58. The number of methoxy groups -OCH3 is 1. The van der Waals surface area contributed by atoms with Crippen LogP contribution < -0.4 is 10.1 Å². The summed E-state index contributed by atoms with van der Waals surface area (Å²) in [5.41, 5.74) is 4.93. The fourth-order valence-corrected chi connectivity index (χ4v) is 7.10. The van der Waals surface area contributed by atoms with Crippen molar-refractivity contribution >= 4 is 28.7 Å². The highest BCUT2D eigenvalue weighted by Crippen LogP contribution is 2.59. The lowest BCUT2D eigenvalue weighted by molar-refractivity contribution is -0.144. The molecule has 8 heteroatoms. The largest absolute Gasteiger partial charge is 0.497 e. The minimum atomic E-state index is -0.632. The van der Waals surface area contributed by atoms with Crippen LogP contribution in [-0.2, 0) is 20.9 Å². The van der Waals surface area contributed by atoms with Crippen LogP contribution in [0.4, 0.5) is 0 Å². The van der Waals surface area contributed by atoms with Crippen LogP contribution in [0, 0.1) is 0 Å². The maximum Gasteiger partial charge on any atom is 0.338 e. The van der Waals surface area contributed by atoms with Gasteiger partial charge in [-0.05, 0) is 87.4 Å². The standard InChI is InChI=1S/C34H41N3O5/c1-33(2,3)42-32(40)21-12-14-24-27(16-21)37-19-34(35-30(38)31(39)36(4)5)18-26(34)25-17-22(41-6)13-15-23(25)29(37)28(24)20-10-8-7-9-11-20/h12-17,20,26H,7-11,18-19H2,1-6H3,(H,35,38). The van der Waals surface area contributed by atoms with Crippen molar-refractivity contribution in [3.63, 3.8) is 0 Å². The Labute approximate surface area is 247 Å². The van der Waals surface area contributed by atoms with Gasteiger partial charge in [0.15, 0.2) is 0 Å². The van der Waals surface area contributed by atoms with E-state index in [1.165, 1.54) is 29.7 Å². The number of aromatic nitrogens is 1. The van der Waals surface area contributed by atoms with Gasteiger partial charge in [-0.2, -0.15) is 0 Å². The summed E-state index contributed by atoms with van der Waals surface area (Å²) >= 11 is 0. The molecule has 1 aliphatic heterocycles. The third kappa shape index (κ3) is 4.84. The fourth-order valence-electron chi connectivity index (χ4n) is 7.10. The molecule has 2 amide bonds. The van der Waals surface area contributed by atoms with Gasteiger partial charge >= 0.3 is 17.8 Å². The first-order valence-electron chi connectivity index (χ1n) is 15.0. The number of hydrogen-bond donors (Lipinski definition) is 1. The molecule has 3 aliphatic rings. The van der Waals surface area contributed by atoms with E-state index in [0.29, 0.717) is 24.4 Å². The van der Waals surface area contributed by atoms with E-state index in [9.17, 15) is 14.4 Å². The smallest absolute Gasteiger partial charge is 0.338 e. The summed E-state index contributed by atoms with van der Waals surface area (Å²) in [5.74, 6) is -0.338. The predicted molar refractivity (Wildman–Crippen MR) is 162 cm³/mol. The van der Waals surface area contributed by atoms with Gasteiger partial charge in [0.25, 0.3) is 0 Å². The molecule has 1 aromatic heterocycles. The van der Waals surface area contributed by atoms with Gasteiger partial charge in [0.05, 0.1) is 23.9 Å². The summed E-state index contributed by atoms with van der Waals surface area (Å²) in [7, 11) is 4.84. The molecule has 0 bridgehead atoms. The number of hydrogen-bond acceptors (Lipinski definition) is 5. The lowest BCUT2D eigenvalue weighted by Crippen LogP contribution is -2.47. The lowest BCUT2D eigenvalue weighted by atomic mass is 9.81. The third-order valence-electron chi connectivity index (χ3n) is 9.12. The zero-order valence-electron chi connectivity index (χ0n) is 25.5. The number of nitrogens with zero attached hydrogens (tertiary/aromatic N) is 2. The van der Waals surface area contributed by atoms with E-state index in [-0.39, 0.29) is 11.9 Å². The van der Waals surface area contributed by atoms with Gasteiger partial charge in [0.2, 0.25) is 0 Å². The number of likely N-dealkylation sites (N-methyl/N-ethyl adjacent to an activating group) is 1. The fraction of sp³-hybridized carbons (Fsp3) is 0.500. The molecule has 3 aromatic rings. The van der Waals surface area contributed by atoms with Crippen molar-refractivity contribution in [1.82, 2.24) is 14.8 Å². The summed E-state index contributed by atoms with van der Waals surface area (Å²) in [5, 5.41) is 4.28. The minimum Gasteiger partial charge on any atom is -0.497 e. The summed E-state index contributed by atoms with van der Waals surface area (Å²) in [6.45, 7) is 6.10. The van der Waals surface area contributed by atoms with E-state index >= 15 is 0 Å². The molecule has 0 spiro atoms. The van der Waals surface area contributed by atoms with Crippen LogP contribution in [0.5, 0.6) is 5.75 Å². The van der Waals surface area contributed by atoms with Crippen LogP contribution in [0.15, 0.2) is 36.4 Å². The zero-order valence-corrected chi connectivity index (χ0v) is 25.5. The molecular formula is C34H41N3O5. The Bertz CT molecular complexity index is 1590. The normalized spacial score (nSPS) is 21.4. The Kier molecular flexibility index (Phi) is 6.86. The summed E-state index contributed by atoms with van der Waals surface area (Å²) in [4.78, 5) is 40.3. The Morgan fingerprint density at radius 1 is 1.02 bits per heavy atom. The maximum absolute atomic E-state index is 13.2. The molecule has 222 valence electrons. The highest BCUT2D eigenvalue weighted by Gasteiger charge is 2.59. The molecular weight excluding hydrogens is 530 g/mol. The molecule has 2 saturated carbocycles. The van der Waals surface area contributed by atoms with Gasteiger partial charge in [0, 0.05) is 43.0 Å². The third-order valence-corrected chi connectivity index (χ3v) is 9.12. The van der Waals surface area contributed by atoms with E-state index in [1.807, 2.05) is 39.0 Å². The number of rotatable bonds is 4. The van der Waals surface area contributed by atoms with Crippen LogP contribution in [0.3, 0.4) is 0 Å². The molecule has 42 heavy (non-hydrogen) atoms. The van der Waals surface area contributed by atoms with Crippen molar-refractivity contribution in [2.45, 2.75) is 88.8 Å². The van der Waals surface area contributed by atoms with Gasteiger partial charge in [-0.25, -0.2) is 4.79 Å². The van der Waals surface area contributed by atoms with Gasteiger partial charge in [0.1, 0.15) is 11.4 Å². The lowest BCUT2D eigenvalue weighted by Gasteiger charge is -2.24. The maximum atomic E-state index is 13.2. The van der Waals surface area contributed by atoms with Crippen molar-refractivity contribution in [3.8, 4) is 17.0 Å². The van der Waals surface area contributed by atoms with E-state index in [0.717, 1.165) is 46.3 Å². The number of carbonyl (C=O) groups is 3. The summed E-state index contributed by atoms with van der Waals surface area (Å²) < 4.78 is 13.7. The van der Waals surface area contributed by atoms with E-state index < -0.39 is 23.0 Å². The quantitative estimate of drug-likeness (QED) is 0.318. The molecule has 6 rings (SSSR count). The molecule has 8 nitrogen and oxygen atoms in total. The SMILES string of the molecule is COc1ccc2c(c1)C1CC1(NC(=O)C(=O)N(C)C)Cn1c-2c(C2CCCCC2)c2ccc(C(=O)OC(C)(C)C)cc21. The van der Waals surface area contributed by atoms with Crippen molar-refractivity contribution in [1.29, 1.82) is 0 Å². The highest BCUT2D eigenvalue weighted by atomic mass is 16.6. The molecule has 0 saturated heterocycles. The molecule has 1 N–H and O–H groups in total. The average molecular weight is 572 g/mol. The Hall–Kier alpha value is -3.81. The number of benzene rings is 2. The van der Waals surface area contributed by atoms with E-state index in [4.69, 9.17) is 9.47 Å². The van der Waals surface area contributed by atoms with Crippen molar-refractivity contribution < 1.29 is 23.9 Å². The first-order chi connectivity index (χ1) is 19.9. The summed E-state index contributed by atoms with van der Waals surface area (Å²) in [6, 6.07) is 12.1. The highest BCUT2D eigenvalue weighted by molar-refractivity contribution is 6.35. The molecule has 2 aliphatic carbocycles. The van der Waals surface area contributed by atoms with E-state index in [1.54, 1.807) is 21.2 Å². The second-order valence-electron chi connectivity index (χ2n) is 13.4. The second-order valence-corrected chi connectivity index (χ2v) is 13.4. The van der Waals surface area contributed by atoms with Crippen molar-refractivity contribution in [3.05, 3.63) is 53.1 Å². The zero-order chi connectivity index (χ0) is 30.0. The number of nitrogens with one attached hydrogen (secondary N) is 1. The van der Waals surface area contributed by atoms with Crippen LogP contribution in [-0.4, -0.2) is 59.6 Å². The second kappa shape index (κ2) is 10.2. The first-order valence-corrected chi connectivity index (χ1v) is 15.0. The topological polar surface area (TPSA) is 89.9 Å². The molecule has 0 radical (unpaired) electrons. The van der Waals surface area contributed by atoms with Crippen molar-refractivity contribution in [2.24, 2.45) is 0 Å². The Morgan fingerprint density at radius 2 is 1.76 bits per heavy atom. The first kappa shape index (κ1) is 28.3. The Morgan fingerprint density at radius 3 is 2.43 bits per heavy atom. The van der Waals surface area contributed by atoms with Crippen LogP contribution in [0.1, 0.15) is 92.6 Å². The van der Waals surface area contributed by atoms with E-state index in [2.05, 4.69) is 28.1 Å². The molecule has 2 unspecified atom stereocenters. The molecule has 2 aromatic carbocycles. The van der Waals surface area contributed by atoms with Gasteiger partial charge in [-0.15, -0.1) is 0 Å².